The normalized spacial score (nSPS) is 17.5. The number of rotatable bonds is 8. The molecule has 0 unspecified atom stereocenters. The first-order valence-electron chi connectivity index (χ1n) is 12.5. The third-order valence-electron chi connectivity index (χ3n) is 7.31. The molecule has 2 aliphatic rings. The number of nitrogens with zero attached hydrogens (tertiary/aromatic N) is 1. The molecular weight excluding hydrogens is 434 g/mol. The van der Waals surface area contributed by atoms with Gasteiger partial charge in [0.25, 0.3) is 5.91 Å². The minimum atomic E-state index is -1.13. The molecule has 3 aromatic carbocycles. The molecule has 0 spiro atoms. The molecule has 0 radical (unpaired) electrons. The topological polar surface area (TPSA) is 73.3 Å². The highest BCUT2D eigenvalue weighted by atomic mass is 16.2. The Bertz CT molecular complexity index is 1160. The van der Waals surface area contributed by atoms with Crippen LogP contribution in [0.15, 0.2) is 84.9 Å². The predicted octanol–water partition coefficient (Wildman–Crippen LogP) is 5.19. The van der Waals surface area contributed by atoms with Crippen LogP contribution in [0.1, 0.15) is 54.4 Å². The quantitative estimate of drug-likeness (QED) is 0.481. The molecule has 1 saturated carbocycles. The molecule has 0 atom stereocenters. The van der Waals surface area contributed by atoms with E-state index in [1.807, 2.05) is 84.9 Å². The molecule has 1 aliphatic carbocycles. The van der Waals surface area contributed by atoms with Crippen molar-refractivity contribution in [3.8, 4) is 0 Å². The van der Waals surface area contributed by atoms with Crippen LogP contribution in [-0.2, 0) is 28.1 Å². The summed E-state index contributed by atoms with van der Waals surface area (Å²) in [6, 6.07) is 27.0. The van der Waals surface area contributed by atoms with Gasteiger partial charge in [0.15, 0.2) is 11.5 Å². The summed E-state index contributed by atoms with van der Waals surface area (Å²) in [7, 11) is 0. The number of carbonyl (C=O) groups is 2. The number of hydrogen-bond acceptors (Lipinski definition) is 3. The molecule has 0 aromatic heterocycles. The van der Waals surface area contributed by atoms with Crippen LogP contribution in [0.25, 0.3) is 0 Å². The van der Waals surface area contributed by atoms with Crippen LogP contribution in [0.5, 0.6) is 0 Å². The first-order valence-corrected chi connectivity index (χ1v) is 12.5. The second kappa shape index (κ2) is 9.87. The van der Waals surface area contributed by atoms with Gasteiger partial charge >= 0.3 is 0 Å². The Balaban J connectivity index is 1.33. The molecule has 178 valence electrons. The van der Waals surface area contributed by atoms with Crippen molar-refractivity contribution >= 4 is 17.6 Å². The van der Waals surface area contributed by atoms with E-state index in [4.69, 9.17) is 5.41 Å². The second-order valence-electron chi connectivity index (χ2n) is 9.73. The largest absolute Gasteiger partial charge is 0.334 e. The molecule has 2 N–H and O–H groups in total. The summed E-state index contributed by atoms with van der Waals surface area (Å²) < 4.78 is 0. The van der Waals surface area contributed by atoms with Crippen molar-refractivity contribution in [3.05, 3.63) is 107 Å². The van der Waals surface area contributed by atoms with Gasteiger partial charge in [0.2, 0.25) is 0 Å². The van der Waals surface area contributed by atoms with Gasteiger partial charge in [-0.3, -0.25) is 19.9 Å². The number of Topliss-reactive ketones (excluding diaryl/α,β-unsaturated/α-hetero) is 1. The summed E-state index contributed by atoms with van der Waals surface area (Å²) in [5, 5.41) is 11.8. The summed E-state index contributed by atoms with van der Waals surface area (Å²) in [5.74, 6) is 0.783. The van der Waals surface area contributed by atoms with E-state index in [0.717, 1.165) is 22.3 Å². The number of guanidine groups is 1. The number of carbonyl (C=O) groups excluding carboxylic acids is 2. The molecule has 5 nitrogen and oxygen atoms in total. The maximum Gasteiger partial charge on any atom is 0.264 e. The highest BCUT2D eigenvalue weighted by Gasteiger charge is 2.52. The van der Waals surface area contributed by atoms with Crippen LogP contribution in [0.3, 0.4) is 0 Å². The lowest BCUT2D eigenvalue weighted by Gasteiger charge is -2.28. The van der Waals surface area contributed by atoms with E-state index in [1.165, 1.54) is 30.6 Å². The zero-order valence-electron chi connectivity index (χ0n) is 19.9. The highest BCUT2D eigenvalue weighted by Crippen LogP contribution is 2.36. The van der Waals surface area contributed by atoms with Gasteiger partial charge in [-0.2, -0.15) is 0 Å². The highest BCUT2D eigenvalue weighted by molar-refractivity contribution is 6.10. The van der Waals surface area contributed by atoms with E-state index in [-0.39, 0.29) is 11.9 Å². The number of benzene rings is 3. The molecule has 1 saturated heterocycles. The lowest BCUT2D eigenvalue weighted by molar-refractivity contribution is -0.130. The minimum absolute atomic E-state index is 0.0820. The summed E-state index contributed by atoms with van der Waals surface area (Å²) in [5.41, 5.74) is 2.40. The smallest absolute Gasteiger partial charge is 0.264 e. The predicted molar refractivity (Wildman–Crippen MR) is 137 cm³/mol. The van der Waals surface area contributed by atoms with E-state index in [9.17, 15) is 9.59 Å². The molecule has 1 amide bonds. The summed E-state index contributed by atoms with van der Waals surface area (Å²) >= 11 is 0. The fraction of sp³-hybridized carbons (Fsp3) is 0.300. The molecule has 5 heteroatoms. The van der Waals surface area contributed by atoms with E-state index in [2.05, 4.69) is 5.32 Å². The Morgan fingerprint density at radius 3 is 1.97 bits per heavy atom. The molecule has 2 fully saturated rings. The first-order chi connectivity index (χ1) is 17.1. The fourth-order valence-corrected chi connectivity index (χ4v) is 5.47. The monoisotopic (exact) mass is 465 g/mol. The van der Waals surface area contributed by atoms with Gasteiger partial charge in [0, 0.05) is 12.8 Å². The van der Waals surface area contributed by atoms with Crippen LogP contribution >= 0.6 is 0 Å². The summed E-state index contributed by atoms with van der Waals surface area (Å²) in [6.07, 6.45) is 6.02. The average molecular weight is 466 g/mol. The molecular formula is C30H31N3O2. The Kier molecular flexibility index (Phi) is 6.49. The first kappa shape index (κ1) is 23.0. The summed E-state index contributed by atoms with van der Waals surface area (Å²) in [6.45, 7) is 0.294. The number of hydrogen-bond donors (Lipinski definition) is 2. The van der Waals surface area contributed by atoms with Gasteiger partial charge in [-0.15, -0.1) is 0 Å². The Labute approximate surface area is 206 Å². The van der Waals surface area contributed by atoms with Crippen molar-refractivity contribution in [3.63, 3.8) is 0 Å². The minimum Gasteiger partial charge on any atom is -0.334 e. The van der Waals surface area contributed by atoms with Gasteiger partial charge in [-0.05, 0) is 28.2 Å². The third-order valence-corrected chi connectivity index (χ3v) is 7.31. The van der Waals surface area contributed by atoms with Crippen LogP contribution in [0.2, 0.25) is 0 Å². The van der Waals surface area contributed by atoms with Crippen molar-refractivity contribution in [2.24, 2.45) is 5.92 Å². The van der Waals surface area contributed by atoms with Crippen LogP contribution in [0.4, 0.5) is 0 Å². The van der Waals surface area contributed by atoms with Gasteiger partial charge in [-0.1, -0.05) is 111 Å². The second-order valence-corrected chi connectivity index (χ2v) is 9.73. The fourth-order valence-electron chi connectivity index (χ4n) is 5.47. The molecule has 1 heterocycles. The third kappa shape index (κ3) is 4.63. The SMILES string of the molecule is N=C1NC(c2ccccc2)(c2ccccc2)C(=O)N1Cc1ccc(CC(=O)CC2CCCC2)cc1. The van der Waals surface area contributed by atoms with Crippen molar-refractivity contribution in [1.82, 2.24) is 10.2 Å². The molecule has 0 bridgehead atoms. The Hall–Kier alpha value is -3.73. The molecule has 1 aliphatic heterocycles. The van der Waals surface area contributed by atoms with Crippen LogP contribution in [-0.4, -0.2) is 22.5 Å². The van der Waals surface area contributed by atoms with E-state index >= 15 is 0 Å². The number of amides is 1. The van der Waals surface area contributed by atoms with Crippen LogP contribution < -0.4 is 5.32 Å². The van der Waals surface area contributed by atoms with Crippen molar-refractivity contribution in [2.75, 3.05) is 0 Å². The zero-order valence-corrected chi connectivity index (χ0v) is 19.9. The standard InChI is InChI=1S/C30H31N3O2/c31-29-32-30(25-11-3-1-4-12-25,26-13-5-2-6-14-26)28(35)33(29)21-24-17-15-23(16-18-24)20-27(34)19-22-9-7-8-10-22/h1-6,11-18,22H,7-10,19-21H2,(H2,31,32). The maximum atomic E-state index is 13.9. The molecule has 3 aromatic rings. The van der Waals surface area contributed by atoms with Gasteiger partial charge in [0.1, 0.15) is 5.78 Å². The zero-order chi connectivity index (χ0) is 24.3. The van der Waals surface area contributed by atoms with Crippen molar-refractivity contribution < 1.29 is 9.59 Å². The van der Waals surface area contributed by atoms with E-state index in [1.54, 1.807) is 0 Å². The lowest BCUT2D eigenvalue weighted by Crippen LogP contribution is -2.45. The maximum absolute atomic E-state index is 13.9. The van der Waals surface area contributed by atoms with Gasteiger partial charge in [0.05, 0.1) is 6.54 Å². The van der Waals surface area contributed by atoms with Crippen LogP contribution in [0, 0.1) is 11.3 Å². The van der Waals surface area contributed by atoms with Gasteiger partial charge in [-0.25, -0.2) is 0 Å². The summed E-state index contributed by atoms with van der Waals surface area (Å²) in [4.78, 5) is 27.9. The van der Waals surface area contributed by atoms with E-state index < -0.39 is 5.54 Å². The van der Waals surface area contributed by atoms with Gasteiger partial charge < -0.3 is 5.32 Å². The number of nitrogens with one attached hydrogen (secondary N) is 2. The molecule has 35 heavy (non-hydrogen) atoms. The Morgan fingerprint density at radius 1 is 0.857 bits per heavy atom. The Morgan fingerprint density at radius 2 is 1.40 bits per heavy atom. The average Bonchev–Trinajstić information content (AvgIpc) is 3.48. The lowest BCUT2D eigenvalue weighted by atomic mass is 9.82. The van der Waals surface area contributed by atoms with Crippen molar-refractivity contribution in [2.45, 2.75) is 50.6 Å². The van der Waals surface area contributed by atoms with E-state index in [0.29, 0.717) is 31.1 Å². The molecule has 5 rings (SSSR count). The van der Waals surface area contributed by atoms with Crippen molar-refractivity contribution in [1.29, 1.82) is 5.41 Å². The number of ketones is 1.